The first-order chi connectivity index (χ1) is 6.58. The molecule has 0 aromatic rings. The summed E-state index contributed by atoms with van der Waals surface area (Å²) < 4.78 is 0. The molecular weight excluding hydrogens is 178 g/mol. The third-order valence-corrected chi connectivity index (χ3v) is 3.10. The number of carbonyl (C=O) groups is 2. The van der Waals surface area contributed by atoms with E-state index >= 15 is 0 Å². The Morgan fingerprint density at radius 2 is 1.79 bits per heavy atom. The van der Waals surface area contributed by atoms with Crippen LogP contribution in [0.2, 0.25) is 0 Å². The van der Waals surface area contributed by atoms with Crippen molar-refractivity contribution in [3.8, 4) is 0 Å². The number of rotatable bonds is 4. The zero-order valence-electron chi connectivity index (χ0n) is 9.06. The number of carbonyl (C=O) groups excluding carboxylic acids is 2. The molecule has 0 radical (unpaired) electrons. The van der Waals surface area contributed by atoms with Gasteiger partial charge in [0.2, 0.25) is 5.91 Å². The highest BCUT2D eigenvalue weighted by molar-refractivity contribution is 5.80. The predicted molar refractivity (Wildman–Crippen MR) is 54.9 cm³/mol. The van der Waals surface area contributed by atoms with Crippen LogP contribution in [-0.4, -0.2) is 18.7 Å². The first kappa shape index (κ1) is 11.2. The van der Waals surface area contributed by atoms with E-state index in [0.29, 0.717) is 12.8 Å². The van der Waals surface area contributed by atoms with Gasteiger partial charge in [-0.15, -0.1) is 0 Å². The van der Waals surface area contributed by atoms with Crippen molar-refractivity contribution < 1.29 is 9.59 Å². The van der Waals surface area contributed by atoms with Crippen LogP contribution >= 0.6 is 0 Å². The van der Waals surface area contributed by atoms with Gasteiger partial charge < -0.3 is 10.1 Å². The monoisotopic (exact) mass is 197 g/mol. The van der Waals surface area contributed by atoms with Crippen LogP contribution in [0.15, 0.2) is 0 Å². The minimum absolute atomic E-state index is 0.0219. The van der Waals surface area contributed by atoms with Crippen molar-refractivity contribution in [1.82, 2.24) is 5.32 Å². The van der Waals surface area contributed by atoms with Crippen molar-refractivity contribution in [1.29, 1.82) is 0 Å². The Bertz CT molecular complexity index is 229. The first-order valence-corrected chi connectivity index (χ1v) is 5.28. The number of ketones is 1. The van der Waals surface area contributed by atoms with Crippen molar-refractivity contribution in [2.45, 2.75) is 45.4 Å². The molecule has 0 atom stereocenters. The third kappa shape index (κ3) is 2.82. The van der Waals surface area contributed by atoms with E-state index in [1.54, 1.807) is 14.0 Å². The third-order valence-electron chi connectivity index (χ3n) is 3.10. The van der Waals surface area contributed by atoms with Gasteiger partial charge in [-0.1, -0.05) is 12.8 Å². The van der Waals surface area contributed by atoms with Gasteiger partial charge in [-0.3, -0.25) is 4.79 Å². The molecule has 1 fully saturated rings. The average Bonchev–Trinajstić information content (AvgIpc) is 2.51. The Balaban J connectivity index is 2.61. The van der Waals surface area contributed by atoms with Crippen molar-refractivity contribution >= 4 is 11.7 Å². The zero-order valence-corrected chi connectivity index (χ0v) is 9.06. The summed E-state index contributed by atoms with van der Waals surface area (Å²) in [6.45, 7) is 1.62. The van der Waals surface area contributed by atoms with Gasteiger partial charge in [-0.2, -0.15) is 0 Å². The van der Waals surface area contributed by atoms with Gasteiger partial charge in [0.1, 0.15) is 5.78 Å². The summed E-state index contributed by atoms with van der Waals surface area (Å²) in [6.07, 6.45) is 5.46. The lowest BCUT2D eigenvalue weighted by atomic mass is 9.78. The molecule has 0 aliphatic heterocycles. The summed E-state index contributed by atoms with van der Waals surface area (Å²) in [5, 5.41) is 2.64. The molecule has 0 saturated heterocycles. The van der Waals surface area contributed by atoms with Gasteiger partial charge in [0.05, 0.1) is 0 Å². The number of hydrogen-bond donors (Lipinski definition) is 1. The second-order valence-electron chi connectivity index (χ2n) is 4.44. The molecule has 1 saturated carbocycles. The van der Waals surface area contributed by atoms with Crippen molar-refractivity contribution in [2.75, 3.05) is 7.05 Å². The molecule has 80 valence electrons. The molecular formula is C11H19NO2. The lowest BCUT2D eigenvalue weighted by Crippen LogP contribution is -2.29. The second-order valence-corrected chi connectivity index (χ2v) is 4.44. The van der Waals surface area contributed by atoms with E-state index in [1.807, 2.05) is 0 Å². The van der Waals surface area contributed by atoms with Gasteiger partial charge >= 0.3 is 0 Å². The normalized spacial score (nSPS) is 19.3. The smallest absolute Gasteiger partial charge is 0.220 e. The van der Waals surface area contributed by atoms with E-state index in [4.69, 9.17) is 0 Å². The molecule has 0 aromatic heterocycles. The highest BCUT2D eigenvalue weighted by Crippen LogP contribution is 2.44. The topological polar surface area (TPSA) is 46.2 Å². The van der Waals surface area contributed by atoms with Crippen molar-refractivity contribution in [2.24, 2.45) is 5.41 Å². The van der Waals surface area contributed by atoms with Gasteiger partial charge in [-0.05, 0) is 25.2 Å². The quantitative estimate of drug-likeness (QED) is 0.745. The molecule has 0 heterocycles. The van der Waals surface area contributed by atoms with E-state index in [1.165, 1.54) is 0 Å². The summed E-state index contributed by atoms with van der Waals surface area (Å²) in [5.74, 6) is 0.268. The molecule has 1 aliphatic rings. The van der Waals surface area contributed by atoms with Gasteiger partial charge in [-0.25, -0.2) is 0 Å². The number of nitrogens with one attached hydrogen (secondary N) is 1. The maximum atomic E-state index is 11.3. The van der Waals surface area contributed by atoms with Crippen LogP contribution in [0.1, 0.15) is 45.4 Å². The maximum Gasteiger partial charge on any atom is 0.220 e. The molecule has 0 unspecified atom stereocenters. The molecule has 0 aromatic carbocycles. The number of hydrogen-bond acceptors (Lipinski definition) is 2. The van der Waals surface area contributed by atoms with Crippen molar-refractivity contribution in [3.05, 3.63) is 0 Å². The molecule has 1 amide bonds. The Hall–Kier alpha value is -0.860. The molecule has 0 bridgehead atoms. The fraction of sp³-hybridized carbons (Fsp3) is 0.818. The van der Waals surface area contributed by atoms with E-state index in [-0.39, 0.29) is 17.1 Å². The summed E-state index contributed by atoms with van der Waals surface area (Å²) in [7, 11) is 1.65. The molecule has 3 nitrogen and oxygen atoms in total. The number of amides is 1. The molecule has 1 N–H and O–H groups in total. The fourth-order valence-electron chi connectivity index (χ4n) is 2.50. The minimum Gasteiger partial charge on any atom is -0.359 e. The maximum absolute atomic E-state index is 11.3. The Kier molecular flexibility index (Phi) is 3.67. The van der Waals surface area contributed by atoms with Crippen molar-refractivity contribution in [3.63, 3.8) is 0 Å². The second kappa shape index (κ2) is 4.58. The minimum atomic E-state index is -0.0219. The highest BCUT2D eigenvalue weighted by Gasteiger charge is 2.36. The lowest BCUT2D eigenvalue weighted by molar-refractivity contribution is -0.124. The zero-order chi connectivity index (χ0) is 10.6. The SMILES string of the molecule is CNC(=O)CC1(CC(C)=O)CCCC1. The standard InChI is InChI=1S/C11H19NO2/c1-9(13)7-11(5-3-4-6-11)8-10(14)12-2/h3-8H2,1-2H3,(H,12,14). The summed E-state index contributed by atoms with van der Waals surface area (Å²) in [5.41, 5.74) is -0.0219. The molecule has 1 aliphatic carbocycles. The van der Waals surface area contributed by atoms with Gasteiger partial charge in [0.15, 0.2) is 0 Å². The van der Waals surface area contributed by atoms with Crippen LogP contribution in [0.5, 0.6) is 0 Å². The Morgan fingerprint density at radius 3 is 2.21 bits per heavy atom. The van der Waals surface area contributed by atoms with E-state index in [9.17, 15) is 9.59 Å². The fourth-order valence-corrected chi connectivity index (χ4v) is 2.50. The van der Waals surface area contributed by atoms with Gasteiger partial charge in [0, 0.05) is 19.9 Å². The largest absolute Gasteiger partial charge is 0.359 e. The first-order valence-electron chi connectivity index (χ1n) is 5.28. The van der Waals surface area contributed by atoms with Crippen LogP contribution in [0.25, 0.3) is 0 Å². The van der Waals surface area contributed by atoms with Crippen LogP contribution in [0, 0.1) is 5.41 Å². The lowest BCUT2D eigenvalue weighted by Gasteiger charge is -2.26. The van der Waals surface area contributed by atoms with Crippen LogP contribution in [0.3, 0.4) is 0 Å². The van der Waals surface area contributed by atoms with Crippen LogP contribution in [0.4, 0.5) is 0 Å². The van der Waals surface area contributed by atoms with Crippen LogP contribution in [-0.2, 0) is 9.59 Å². The Labute approximate surface area is 85.3 Å². The van der Waals surface area contributed by atoms with Gasteiger partial charge in [0.25, 0.3) is 0 Å². The molecule has 0 spiro atoms. The van der Waals surface area contributed by atoms with E-state index in [2.05, 4.69) is 5.32 Å². The number of Topliss-reactive ketones (excluding diaryl/α,β-unsaturated/α-hetero) is 1. The average molecular weight is 197 g/mol. The van der Waals surface area contributed by atoms with E-state index in [0.717, 1.165) is 25.7 Å². The molecule has 14 heavy (non-hydrogen) atoms. The summed E-state index contributed by atoms with van der Waals surface area (Å²) in [6, 6.07) is 0. The highest BCUT2D eigenvalue weighted by atomic mass is 16.1. The predicted octanol–water partition coefficient (Wildman–Crippen LogP) is 1.66. The van der Waals surface area contributed by atoms with E-state index < -0.39 is 0 Å². The summed E-state index contributed by atoms with van der Waals surface area (Å²) >= 11 is 0. The Morgan fingerprint density at radius 1 is 1.21 bits per heavy atom. The molecule has 1 rings (SSSR count). The molecule has 3 heteroatoms. The summed E-state index contributed by atoms with van der Waals surface area (Å²) in [4.78, 5) is 22.5. The van der Waals surface area contributed by atoms with Crippen LogP contribution < -0.4 is 5.32 Å².